The fourth-order valence-corrected chi connectivity index (χ4v) is 0. The molecule has 0 aliphatic carbocycles. The Morgan fingerprint density at radius 3 is 0.818 bits per heavy atom. The Morgan fingerprint density at radius 2 is 0.818 bits per heavy atom. The molecule has 68 valence electrons. The van der Waals surface area contributed by atoms with E-state index in [4.69, 9.17) is 19.2 Å². The molecule has 5 heteroatoms. The molecule has 0 rings (SSSR count). The van der Waals surface area contributed by atoms with Gasteiger partial charge in [-0.1, -0.05) is 0 Å². The summed E-state index contributed by atoms with van der Waals surface area (Å²) in [6.07, 6.45) is 0. The molecule has 0 N–H and O–H groups in total. The van der Waals surface area contributed by atoms with Gasteiger partial charge in [-0.3, -0.25) is 27.2 Å². The van der Waals surface area contributed by atoms with E-state index < -0.39 is 0 Å². The Kier molecular flexibility index (Phi) is 358000. The Balaban J connectivity index is -0.0000000139. The van der Waals surface area contributed by atoms with E-state index in [1.54, 1.807) is 4.92 Å². The zero-order valence-electron chi connectivity index (χ0n) is 5.87. The minimum absolute atomic E-state index is 1.75. The van der Waals surface area contributed by atoms with Crippen LogP contribution in [-0.4, -0.2) is 32.1 Å². The van der Waals surface area contributed by atoms with Gasteiger partial charge in [0.1, 0.15) is 0 Å². The molecule has 0 heterocycles. The van der Waals surface area contributed by atoms with Gasteiger partial charge >= 0.3 is 27.4 Å². The van der Waals surface area contributed by atoms with E-state index in [-0.39, 0.29) is 0 Å². The van der Waals surface area contributed by atoms with Crippen molar-refractivity contribution in [1.82, 2.24) is 0 Å². The van der Waals surface area contributed by atoms with Gasteiger partial charge < -0.3 is 19.2 Å². The van der Waals surface area contributed by atoms with E-state index in [2.05, 4.69) is 42.7 Å². The Labute approximate surface area is 74.3 Å². The first-order valence-electron chi connectivity index (χ1n) is 1.72. The quantitative estimate of drug-likeness (QED) is 0.293. The summed E-state index contributed by atoms with van der Waals surface area (Å²) in [5, 5.41) is 0. The van der Waals surface area contributed by atoms with Gasteiger partial charge in [0.2, 0.25) is 0 Å². The number of rotatable bonds is 0. The Morgan fingerprint density at radius 1 is 0.818 bits per heavy atom. The molecule has 0 spiro atoms. The molecule has 0 bridgehead atoms. The second kappa shape index (κ2) is 122000. The predicted octanol–water partition coefficient (Wildman–Crippen LogP) is -0.741. The smallest absolute Gasteiger partial charge is 0.282 e. The van der Waals surface area contributed by atoms with E-state index in [0.29, 0.717) is 0 Å². The summed E-state index contributed by atoms with van der Waals surface area (Å²) < 4.78 is 0. The summed E-state index contributed by atoms with van der Waals surface area (Å²) in [6, 6.07) is 0. The summed E-state index contributed by atoms with van der Waals surface area (Å²) >= 11 is 3.36. The normalized spacial score (nSPS) is 2.73. The molecule has 0 aliphatic rings. The molecule has 0 aliphatic heterocycles. The summed E-state index contributed by atoms with van der Waals surface area (Å²) in [5.41, 5.74) is 0. The third-order valence-corrected chi connectivity index (χ3v) is 0. The zero-order valence-corrected chi connectivity index (χ0v) is 6.98. The largest absolute Gasteiger partial charge is 0.545 e. The third-order valence-electron chi connectivity index (χ3n) is 0. The van der Waals surface area contributed by atoms with Crippen molar-refractivity contribution in [1.29, 1.82) is 0 Å². The van der Waals surface area contributed by atoms with Crippen LogP contribution in [-0.2, 0) is 34.8 Å². The topological polar surface area (TPSA) is 68.3 Å². The maximum Gasteiger partial charge on any atom is -0.282 e. The van der Waals surface area contributed by atoms with Gasteiger partial charge in [-0.15, -0.1) is 0 Å². The maximum absolute atomic E-state index is 7.75. The van der Waals surface area contributed by atoms with Crippen LogP contribution < -0.4 is 0 Å². The van der Waals surface area contributed by atoms with Crippen LogP contribution in [0.5, 0.6) is 0 Å². The van der Waals surface area contributed by atoms with Crippen LogP contribution in [0.4, 0.5) is 0 Å². The van der Waals surface area contributed by atoms with E-state index in [9.17, 15) is 0 Å². The van der Waals surface area contributed by atoms with Crippen molar-refractivity contribution in [3.8, 4) is 0 Å². The molecular formula is C6H8FeO4-4. The summed E-state index contributed by atoms with van der Waals surface area (Å²) in [4.78, 5) is 32.8. The molecular weight excluding hydrogens is 192 g/mol. The predicted molar refractivity (Wildman–Crippen MR) is 38.7 cm³/mol. The van der Waals surface area contributed by atoms with E-state index in [1.165, 1.54) is 0 Å². The fraction of sp³-hybridized carbons (Fsp3) is 0.167. The SMILES string of the molecule is C[CH]=[Fe].[CH-]=O.[CH-]=O.[CH-]=O.[CH-]=O. The van der Waals surface area contributed by atoms with Gasteiger partial charge in [0, 0.05) is 0 Å². The van der Waals surface area contributed by atoms with Gasteiger partial charge in [-0.2, -0.15) is 0 Å². The monoisotopic (exact) mass is 200 g/mol. The molecule has 0 saturated carbocycles. The standard InChI is InChI=1S/C2H4.4CHO.Fe/c5*1-2;/h1H,2H3;4*1H;/q;4*-1;. The van der Waals surface area contributed by atoms with Crippen molar-refractivity contribution in [3.63, 3.8) is 0 Å². The molecule has 0 atom stereocenters. The first-order valence-corrected chi connectivity index (χ1v) is 2.36. The molecule has 0 amide bonds. The number of hydrogen-bond donors (Lipinski definition) is 0. The first kappa shape index (κ1) is 32.2. The van der Waals surface area contributed by atoms with Crippen LogP contribution in [0.2, 0.25) is 0 Å². The summed E-state index contributed by atoms with van der Waals surface area (Å²) in [5.74, 6) is 0. The molecule has 0 aromatic rings. The van der Waals surface area contributed by atoms with Crippen LogP contribution in [0.25, 0.3) is 0 Å². The summed E-state index contributed by atoms with van der Waals surface area (Å²) in [6.45, 7) is 14.9. The average molecular weight is 200 g/mol. The zero-order chi connectivity index (χ0) is 10.7. The van der Waals surface area contributed by atoms with Crippen LogP contribution >= 0.6 is 0 Å². The van der Waals surface area contributed by atoms with Gasteiger partial charge in [0.25, 0.3) is 0 Å². The van der Waals surface area contributed by atoms with Crippen LogP contribution in [0, 0.1) is 0 Å². The second-order valence-electron chi connectivity index (χ2n) is 0.204. The molecule has 0 radical (unpaired) electrons. The van der Waals surface area contributed by atoms with Crippen molar-refractivity contribution in [2.75, 3.05) is 0 Å². The summed E-state index contributed by atoms with van der Waals surface area (Å²) in [7, 11) is 0. The van der Waals surface area contributed by atoms with Crippen LogP contribution in [0.15, 0.2) is 0 Å². The molecule has 0 aromatic carbocycles. The maximum atomic E-state index is 7.75. The second-order valence-corrected chi connectivity index (χ2v) is 0.842. The van der Waals surface area contributed by atoms with Crippen molar-refractivity contribution in [2.45, 2.75) is 6.92 Å². The van der Waals surface area contributed by atoms with Crippen molar-refractivity contribution < 1.29 is 34.8 Å². The number of hydrogen-bond acceptors (Lipinski definition) is 4. The number of carbonyl (C=O) groups excluding carboxylic acids is 4. The first-order chi connectivity index (χ1) is 5.41. The molecule has 0 saturated heterocycles. The molecule has 0 aromatic heterocycles. The van der Waals surface area contributed by atoms with Crippen molar-refractivity contribution in [2.24, 2.45) is 0 Å². The Bertz CT molecular complexity index is 43.8. The Hall–Kier alpha value is -0.931. The third kappa shape index (κ3) is 523. The van der Waals surface area contributed by atoms with Gasteiger partial charge in [0.05, 0.1) is 0 Å². The van der Waals surface area contributed by atoms with Gasteiger partial charge in [-0.05, 0) is 0 Å². The minimum atomic E-state index is 1.75. The van der Waals surface area contributed by atoms with Crippen LogP contribution in [0.3, 0.4) is 0 Å². The molecule has 11 heavy (non-hydrogen) atoms. The van der Waals surface area contributed by atoms with Gasteiger partial charge in [-0.25, -0.2) is 0 Å². The molecule has 4 nitrogen and oxygen atoms in total. The fourth-order valence-electron chi connectivity index (χ4n) is 0. The average Bonchev–Trinajstić information content (AvgIpc) is 2.18. The van der Waals surface area contributed by atoms with Crippen molar-refractivity contribution in [3.05, 3.63) is 0 Å². The molecule has 0 fully saturated rings. The van der Waals surface area contributed by atoms with Crippen LogP contribution in [0.1, 0.15) is 6.92 Å². The van der Waals surface area contributed by atoms with E-state index >= 15 is 0 Å². The molecule has 0 unspecified atom stereocenters. The van der Waals surface area contributed by atoms with E-state index in [1.807, 2.05) is 6.92 Å². The van der Waals surface area contributed by atoms with E-state index in [0.717, 1.165) is 0 Å². The minimum Gasteiger partial charge on any atom is -0.545 e. The van der Waals surface area contributed by atoms with Gasteiger partial charge in [0.15, 0.2) is 0 Å². The van der Waals surface area contributed by atoms with Crippen molar-refractivity contribution >= 4 is 32.1 Å².